The average molecular weight is 464 g/mol. The summed E-state index contributed by atoms with van der Waals surface area (Å²) in [5.41, 5.74) is -0.519. The fraction of sp³-hybridized carbons (Fsp3) is 0.167. The molecule has 3 heterocycles. The van der Waals surface area contributed by atoms with Crippen molar-refractivity contribution in [2.45, 2.75) is 19.1 Å². The summed E-state index contributed by atoms with van der Waals surface area (Å²) in [6, 6.07) is 15.5. The number of carbonyl (C=O) groups excluding carboxylic acids is 1. The molecular weight excluding hydrogens is 445 g/mol. The van der Waals surface area contributed by atoms with Crippen molar-refractivity contribution >= 4 is 22.3 Å². The largest absolute Gasteiger partial charge is 0.433 e. The zero-order valence-corrected chi connectivity index (χ0v) is 17.8. The molecule has 5 rings (SSSR count). The van der Waals surface area contributed by atoms with Gasteiger partial charge in [0, 0.05) is 31.0 Å². The van der Waals surface area contributed by atoms with E-state index in [9.17, 15) is 18.0 Å². The first kappa shape index (κ1) is 21.6. The molecule has 0 bridgehead atoms. The van der Waals surface area contributed by atoms with E-state index >= 15 is 0 Å². The van der Waals surface area contributed by atoms with E-state index in [0.29, 0.717) is 29.6 Å². The van der Waals surface area contributed by atoms with Gasteiger partial charge in [0.1, 0.15) is 5.56 Å². The Morgan fingerprint density at radius 2 is 1.85 bits per heavy atom. The SMILES string of the molecule is O=C(NCCCn1cccn1)c1cnn2c(C(F)(F)F)cc(-c3cccc4ccccc34)nc12. The van der Waals surface area contributed by atoms with E-state index in [2.05, 4.69) is 20.5 Å². The number of rotatable bonds is 6. The number of aryl methyl sites for hydroxylation is 1. The van der Waals surface area contributed by atoms with Crippen LogP contribution in [0.3, 0.4) is 0 Å². The van der Waals surface area contributed by atoms with Crippen molar-refractivity contribution < 1.29 is 18.0 Å². The van der Waals surface area contributed by atoms with E-state index in [1.165, 1.54) is 0 Å². The summed E-state index contributed by atoms with van der Waals surface area (Å²) >= 11 is 0. The minimum Gasteiger partial charge on any atom is -0.352 e. The van der Waals surface area contributed by atoms with Gasteiger partial charge in [-0.1, -0.05) is 42.5 Å². The Kier molecular flexibility index (Phi) is 5.48. The van der Waals surface area contributed by atoms with Crippen LogP contribution in [0.5, 0.6) is 0 Å². The van der Waals surface area contributed by atoms with Crippen LogP contribution in [0.15, 0.2) is 73.2 Å². The number of nitrogens with zero attached hydrogens (tertiary/aromatic N) is 5. The molecule has 0 saturated carbocycles. The quantitative estimate of drug-likeness (QED) is 0.373. The summed E-state index contributed by atoms with van der Waals surface area (Å²) in [6.07, 6.45) is 0.506. The van der Waals surface area contributed by atoms with Gasteiger partial charge in [0.2, 0.25) is 0 Å². The van der Waals surface area contributed by atoms with Crippen LogP contribution in [0.1, 0.15) is 22.5 Å². The molecule has 0 atom stereocenters. The van der Waals surface area contributed by atoms with Crippen molar-refractivity contribution in [1.29, 1.82) is 0 Å². The Balaban J connectivity index is 1.52. The zero-order valence-electron chi connectivity index (χ0n) is 17.8. The van der Waals surface area contributed by atoms with Crippen LogP contribution in [-0.4, -0.2) is 36.8 Å². The second-order valence-electron chi connectivity index (χ2n) is 7.72. The van der Waals surface area contributed by atoms with E-state index in [4.69, 9.17) is 0 Å². The second-order valence-corrected chi connectivity index (χ2v) is 7.72. The zero-order chi connectivity index (χ0) is 23.7. The summed E-state index contributed by atoms with van der Waals surface area (Å²) in [4.78, 5) is 17.2. The van der Waals surface area contributed by atoms with Gasteiger partial charge in [0.05, 0.1) is 11.9 Å². The van der Waals surface area contributed by atoms with Gasteiger partial charge in [-0.05, 0) is 29.3 Å². The summed E-state index contributed by atoms with van der Waals surface area (Å²) in [6.45, 7) is 0.926. The Bertz CT molecular complexity index is 1470. The van der Waals surface area contributed by atoms with Crippen LogP contribution in [0.4, 0.5) is 13.2 Å². The molecule has 1 amide bonds. The Morgan fingerprint density at radius 1 is 1.03 bits per heavy atom. The molecule has 0 spiro atoms. The molecule has 0 fully saturated rings. The third kappa shape index (κ3) is 4.09. The van der Waals surface area contributed by atoms with Crippen LogP contribution < -0.4 is 5.32 Å². The number of amides is 1. The number of hydrogen-bond donors (Lipinski definition) is 1. The first-order valence-corrected chi connectivity index (χ1v) is 10.6. The Labute approximate surface area is 191 Å². The molecule has 0 radical (unpaired) electrons. The number of hydrogen-bond acceptors (Lipinski definition) is 4. The third-order valence-corrected chi connectivity index (χ3v) is 5.48. The predicted molar refractivity (Wildman–Crippen MR) is 120 cm³/mol. The van der Waals surface area contributed by atoms with Gasteiger partial charge in [-0.25, -0.2) is 9.50 Å². The molecule has 2 aromatic carbocycles. The first-order chi connectivity index (χ1) is 16.4. The summed E-state index contributed by atoms with van der Waals surface area (Å²) in [7, 11) is 0. The molecule has 34 heavy (non-hydrogen) atoms. The highest BCUT2D eigenvalue weighted by Crippen LogP contribution is 2.34. The lowest BCUT2D eigenvalue weighted by molar-refractivity contribution is -0.142. The van der Waals surface area contributed by atoms with E-state index < -0.39 is 17.8 Å². The summed E-state index contributed by atoms with van der Waals surface area (Å²) in [5.74, 6) is -0.536. The van der Waals surface area contributed by atoms with Crippen molar-refractivity contribution in [2.75, 3.05) is 6.54 Å². The van der Waals surface area contributed by atoms with Gasteiger partial charge in [-0.3, -0.25) is 9.48 Å². The molecule has 7 nitrogen and oxygen atoms in total. The summed E-state index contributed by atoms with van der Waals surface area (Å²) < 4.78 is 44.2. The van der Waals surface area contributed by atoms with Crippen LogP contribution >= 0.6 is 0 Å². The lowest BCUT2D eigenvalue weighted by atomic mass is 10.0. The number of halogens is 3. The first-order valence-electron chi connectivity index (χ1n) is 10.6. The standard InChI is InChI=1S/C24H19F3N6O/c25-24(26,27)21-14-20(18-9-3-7-16-6-1-2-8-17(16)18)31-22-19(15-30-33(21)22)23(34)28-10-4-12-32-13-5-11-29-32/h1-3,5-9,11,13-15H,4,10,12H2,(H,28,34). The smallest absolute Gasteiger partial charge is 0.352 e. The topological polar surface area (TPSA) is 77.1 Å². The van der Waals surface area contributed by atoms with Gasteiger partial charge in [0.15, 0.2) is 11.3 Å². The van der Waals surface area contributed by atoms with Gasteiger partial charge in [0.25, 0.3) is 5.91 Å². The van der Waals surface area contributed by atoms with E-state index in [0.717, 1.165) is 23.0 Å². The number of aromatic nitrogens is 5. The predicted octanol–water partition coefficient (Wildman–Crippen LogP) is 4.58. The number of fused-ring (bicyclic) bond motifs is 2. The molecule has 0 aliphatic carbocycles. The number of alkyl halides is 3. The molecule has 3 aromatic heterocycles. The van der Waals surface area contributed by atoms with Crippen molar-refractivity contribution in [3.63, 3.8) is 0 Å². The van der Waals surface area contributed by atoms with Gasteiger partial charge in [-0.2, -0.15) is 23.4 Å². The van der Waals surface area contributed by atoms with E-state index in [1.54, 1.807) is 29.1 Å². The third-order valence-electron chi connectivity index (χ3n) is 5.48. The van der Waals surface area contributed by atoms with Crippen molar-refractivity contribution in [3.8, 4) is 11.3 Å². The second kappa shape index (κ2) is 8.62. The molecule has 0 saturated heterocycles. The maximum atomic E-state index is 13.9. The van der Waals surface area contributed by atoms with Crippen LogP contribution in [0.25, 0.3) is 27.7 Å². The number of carbonyl (C=O) groups is 1. The highest BCUT2D eigenvalue weighted by molar-refractivity contribution is 6.00. The normalized spacial score (nSPS) is 11.9. The average Bonchev–Trinajstić information content (AvgIpc) is 3.50. The molecule has 10 heteroatoms. The molecule has 1 N–H and O–H groups in total. The van der Waals surface area contributed by atoms with Crippen molar-refractivity contribution in [2.24, 2.45) is 0 Å². The maximum absolute atomic E-state index is 13.9. The fourth-order valence-corrected chi connectivity index (χ4v) is 3.88. The van der Waals surface area contributed by atoms with Crippen molar-refractivity contribution in [3.05, 3.63) is 84.4 Å². The van der Waals surface area contributed by atoms with Crippen LogP contribution in [0.2, 0.25) is 0 Å². The van der Waals surface area contributed by atoms with Crippen LogP contribution in [-0.2, 0) is 12.7 Å². The molecule has 0 unspecified atom stereocenters. The van der Waals surface area contributed by atoms with E-state index in [-0.39, 0.29) is 16.9 Å². The fourth-order valence-electron chi connectivity index (χ4n) is 3.88. The minimum atomic E-state index is -4.69. The maximum Gasteiger partial charge on any atom is 0.433 e. The highest BCUT2D eigenvalue weighted by atomic mass is 19.4. The number of nitrogens with one attached hydrogen (secondary N) is 1. The molecule has 0 aliphatic heterocycles. The molecular formula is C24H19F3N6O. The summed E-state index contributed by atoms with van der Waals surface area (Å²) in [5, 5.41) is 12.3. The molecule has 5 aromatic rings. The molecule has 172 valence electrons. The Hall–Kier alpha value is -4.21. The lowest BCUT2D eigenvalue weighted by Crippen LogP contribution is -2.25. The van der Waals surface area contributed by atoms with Gasteiger partial charge >= 0.3 is 6.18 Å². The Morgan fingerprint density at radius 3 is 2.65 bits per heavy atom. The van der Waals surface area contributed by atoms with Gasteiger partial charge < -0.3 is 5.32 Å². The number of benzene rings is 2. The minimum absolute atomic E-state index is 0.0216. The van der Waals surface area contributed by atoms with E-state index in [1.807, 2.05) is 36.5 Å². The lowest BCUT2D eigenvalue weighted by Gasteiger charge is -2.13. The van der Waals surface area contributed by atoms with Crippen LogP contribution in [0, 0.1) is 0 Å². The monoisotopic (exact) mass is 464 g/mol. The van der Waals surface area contributed by atoms with Crippen molar-refractivity contribution in [1.82, 2.24) is 29.7 Å². The van der Waals surface area contributed by atoms with Gasteiger partial charge in [-0.15, -0.1) is 0 Å². The highest BCUT2D eigenvalue weighted by Gasteiger charge is 2.36. The molecule has 0 aliphatic rings.